The molecule has 1 N–H and O–H groups in total. The van der Waals surface area contributed by atoms with E-state index in [0.29, 0.717) is 24.4 Å². The Morgan fingerprint density at radius 3 is 2.48 bits per heavy atom. The normalized spacial score (nSPS) is 18.3. The Balaban J connectivity index is 1.26. The molecule has 0 aromatic heterocycles. The van der Waals surface area contributed by atoms with Gasteiger partial charge in [0.2, 0.25) is 0 Å². The number of hydrogen-bond acceptors (Lipinski definition) is 4. The number of phenols is 1. The molecule has 1 aliphatic carbocycles. The Bertz CT molecular complexity index is 1320. The predicted octanol–water partition coefficient (Wildman–Crippen LogP) is 8.34. The molecule has 2 aliphatic rings. The minimum Gasteiger partial charge on any atom is -0.508 e. The minimum absolute atomic E-state index is 0.180. The van der Waals surface area contributed by atoms with Crippen LogP contribution in [0.1, 0.15) is 93.7 Å². The zero-order chi connectivity index (χ0) is 30.2. The topological polar surface area (TPSA) is 57.6 Å². The standard InChI is InChI=1S/C33H43F4NO3S/c34-32-16-5-4-14-31(32)30-15-7-10-25-24-27(39)17-18-28(25)29(30)13-3-1-2-6-20-38-21-8-11-26(38)12-9-22-42(40,41)23-19-33(35,36)37/h4-5,14,16-18,24,26,39H,1-3,6-13,15,19-23H2/t26-/m0/s1. The monoisotopic (exact) mass is 609 g/mol. The quantitative estimate of drug-likeness (QED) is 0.173. The molecule has 0 saturated carbocycles. The van der Waals surface area contributed by atoms with E-state index in [1.807, 2.05) is 24.3 Å². The number of nitrogens with zero attached hydrogens (tertiary/aromatic N) is 1. The second kappa shape index (κ2) is 14.9. The number of rotatable bonds is 14. The van der Waals surface area contributed by atoms with Crippen LogP contribution in [0.3, 0.4) is 0 Å². The molecule has 1 saturated heterocycles. The molecule has 4 nitrogen and oxygen atoms in total. The molecule has 0 unspecified atom stereocenters. The van der Waals surface area contributed by atoms with Gasteiger partial charge in [-0.15, -0.1) is 0 Å². The number of likely N-dealkylation sites (tertiary alicyclic amines) is 1. The van der Waals surface area contributed by atoms with E-state index in [4.69, 9.17) is 0 Å². The van der Waals surface area contributed by atoms with E-state index >= 15 is 0 Å². The van der Waals surface area contributed by atoms with Crippen molar-refractivity contribution < 1.29 is 31.1 Å². The van der Waals surface area contributed by atoms with Gasteiger partial charge in [0.1, 0.15) is 11.6 Å². The molecule has 1 aliphatic heterocycles. The maximum absolute atomic E-state index is 14.9. The Morgan fingerprint density at radius 1 is 0.905 bits per heavy atom. The van der Waals surface area contributed by atoms with Crippen LogP contribution in [0.15, 0.2) is 42.5 Å². The number of alkyl halides is 3. The van der Waals surface area contributed by atoms with Crippen molar-refractivity contribution in [1.29, 1.82) is 0 Å². The molecule has 9 heteroatoms. The number of aromatic hydroxyl groups is 1. The third-order valence-electron chi connectivity index (χ3n) is 8.66. The molecule has 1 fully saturated rings. The Kier molecular flexibility index (Phi) is 11.5. The summed E-state index contributed by atoms with van der Waals surface area (Å²) < 4.78 is 76.0. The number of unbranched alkanes of at least 4 members (excludes halogenated alkanes) is 3. The summed E-state index contributed by atoms with van der Waals surface area (Å²) in [5.74, 6) is -0.949. The lowest BCUT2D eigenvalue weighted by molar-refractivity contribution is -0.129. The van der Waals surface area contributed by atoms with Gasteiger partial charge in [-0.25, -0.2) is 12.8 Å². The van der Waals surface area contributed by atoms with Crippen LogP contribution >= 0.6 is 0 Å². The van der Waals surface area contributed by atoms with E-state index in [2.05, 4.69) is 4.90 Å². The molecule has 2 aromatic rings. The third kappa shape index (κ3) is 9.56. The van der Waals surface area contributed by atoms with E-state index in [1.54, 1.807) is 12.1 Å². The highest BCUT2D eigenvalue weighted by Gasteiger charge is 2.30. The molecule has 0 bridgehead atoms. The van der Waals surface area contributed by atoms with Gasteiger partial charge in [0, 0.05) is 11.6 Å². The molecule has 2 aromatic carbocycles. The first-order valence-electron chi connectivity index (χ1n) is 15.3. The number of hydrogen-bond donors (Lipinski definition) is 1. The number of halogens is 4. The van der Waals surface area contributed by atoms with Crippen molar-refractivity contribution in [3.05, 3.63) is 65.0 Å². The first-order valence-corrected chi connectivity index (χ1v) is 17.1. The summed E-state index contributed by atoms with van der Waals surface area (Å²) in [6.45, 7) is 1.92. The molecule has 1 atom stereocenters. The van der Waals surface area contributed by atoms with Crippen LogP contribution in [-0.2, 0) is 16.3 Å². The molecule has 0 radical (unpaired) electrons. The van der Waals surface area contributed by atoms with Crippen LogP contribution < -0.4 is 0 Å². The second-order valence-electron chi connectivity index (χ2n) is 11.8. The van der Waals surface area contributed by atoms with Crippen molar-refractivity contribution in [2.75, 3.05) is 24.6 Å². The molecule has 4 rings (SSSR count). The van der Waals surface area contributed by atoms with E-state index in [1.165, 1.54) is 11.6 Å². The fraction of sp³-hybridized carbons (Fsp3) is 0.576. The molecular formula is C33H43F4NO3S. The van der Waals surface area contributed by atoms with E-state index in [9.17, 15) is 31.1 Å². The summed E-state index contributed by atoms with van der Waals surface area (Å²) in [6, 6.07) is 12.8. The van der Waals surface area contributed by atoms with Gasteiger partial charge in [0.05, 0.1) is 17.9 Å². The number of allylic oxidation sites excluding steroid dienone is 2. The van der Waals surface area contributed by atoms with Crippen LogP contribution in [0.4, 0.5) is 17.6 Å². The Hall–Kier alpha value is -2.39. The largest absolute Gasteiger partial charge is 0.508 e. The number of benzene rings is 2. The van der Waals surface area contributed by atoms with E-state index < -0.39 is 28.2 Å². The molecule has 0 spiro atoms. The van der Waals surface area contributed by atoms with Gasteiger partial charge in [-0.05, 0) is 118 Å². The highest BCUT2D eigenvalue weighted by molar-refractivity contribution is 7.91. The molecular weight excluding hydrogens is 566 g/mol. The predicted molar refractivity (Wildman–Crippen MR) is 160 cm³/mol. The van der Waals surface area contributed by atoms with Crippen LogP contribution in [0.2, 0.25) is 0 Å². The summed E-state index contributed by atoms with van der Waals surface area (Å²) in [4.78, 5) is 2.41. The average molecular weight is 610 g/mol. The molecule has 232 valence electrons. The summed E-state index contributed by atoms with van der Waals surface area (Å²) in [5.41, 5.74) is 5.14. The van der Waals surface area contributed by atoms with Crippen LogP contribution in [0.25, 0.3) is 11.1 Å². The van der Waals surface area contributed by atoms with Gasteiger partial charge < -0.3 is 10.0 Å². The van der Waals surface area contributed by atoms with Crippen LogP contribution in [0.5, 0.6) is 5.75 Å². The van der Waals surface area contributed by atoms with E-state index in [-0.39, 0.29) is 17.3 Å². The fourth-order valence-electron chi connectivity index (χ4n) is 6.54. The number of aryl methyl sites for hydroxylation is 1. The second-order valence-corrected chi connectivity index (χ2v) is 14.1. The van der Waals surface area contributed by atoms with E-state index in [0.717, 1.165) is 94.0 Å². The van der Waals surface area contributed by atoms with Crippen molar-refractivity contribution >= 4 is 21.0 Å². The van der Waals surface area contributed by atoms with Crippen molar-refractivity contribution in [2.24, 2.45) is 0 Å². The van der Waals surface area contributed by atoms with Crippen molar-refractivity contribution in [3.8, 4) is 5.75 Å². The lowest BCUT2D eigenvalue weighted by atomic mass is 9.89. The minimum atomic E-state index is -4.45. The number of phenolic OH excluding ortho intramolecular Hbond substituents is 1. The Morgan fingerprint density at radius 2 is 1.69 bits per heavy atom. The number of sulfone groups is 1. The van der Waals surface area contributed by atoms with Crippen molar-refractivity contribution in [1.82, 2.24) is 4.90 Å². The van der Waals surface area contributed by atoms with Crippen molar-refractivity contribution in [2.45, 2.75) is 95.7 Å². The van der Waals surface area contributed by atoms with Gasteiger partial charge in [0.15, 0.2) is 9.84 Å². The first kappa shape index (κ1) is 32.5. The highest BCUT2D eigenvalue weighted by atomic mass is 32.2. The smallest absolute Gasteiger partial charge is 0.390 e. The molecule has 0 amide bonds. The first-order chi connectivity index (χ1) is 20.0. The zero-order valence-electron chi connectivity index (χ0n) is 24.3. The SMILES string of the molecule is O=S(=O)(CCC[C@@H]1CCCN1CCCCCCC1=C(c2ccccc2F)CCCc2cc(O)ccc21)CCC(F)(F)F. The zero-order valence-corrected chi connectivity index (χ0v) is 25.1. The lowest BCUT2D eigenvalue weighted by Gasteiger charge is -2.24. The maximum atomic E-state index is 14.9. The highest BCUT2D eigenvalue weighted by Crippen LogP contribution is 2.40. The number of fused-ring (bicyclic) bond motifs is 1. The molecule has 42 heavy (non-hydrogen) atoms. The average Bonchev–Trinajstić information content (AvgIpc) is 3.30. The summed E-state index contributed by atoms with van der Waals surface area (Å²) in [7, 11) is -3.68. The van der Waals surface area contributed by atoms with Gasteiger partial charge in [-0.2, -0.15) is 13.2 Å². The summed E-state index contributed by atoms with van der Waals surface area (Å²) >= 11 is 0. The summed E-state index contributed by atoms with van der Waals surface area (Å²) in [6.07, 6.45) is 4.95. The van der Waals surface area contributed by atoms with Crippen molar-refractivity contribution in [3.63, 3.8) is 0 Å². The summed E-state index contributed by atoms with van der Waals surface area (Å²) in [5, 5.41) is 10.1. The maximum Gasteiger partial charge on any atom is 0.390 e. The van der Waals surface area contributed by atoms with Crippen LogP contribution in [-0.4, -0.2) is 55.2 Å². The van der Waals surface area contributed by atoms with Gasteiger partial charge >= 0.3 is 6.18 Å². The molecule has 1 heterocycles. The fourth-order valence-corrected chi connectivity index (χ4v) is 7.89. The van der Waals surface area contributed by atoms with Gasteiger partial charge in [-0.3, -0.25) is 0 Å². The van der Waals surface area contributed by atoms with Crippen LogP contribution in [0, 0.1) is 5.82 Å². The lowest BCUT2D eigenvalue weighted by Crippen LogP contribution is -2.31. The van der Waals surface area contributed by atoms with Gasteiger partial charge in [-0.1, -0.05) is 37.1 Å². The Labute approximate surface area is 247 Å². The third-order valence-corrected chi connectivity index (χ3v) is 10.4. The van der Waals surface area contributed by atoms with Gasteiger partial charge in [0.25, 0.3) is 0 Å².